The van der Waals surface area contributed by atoms with Gasteiger partial charge in [0.15, 0.2) is 0 Å². The van der Waals surface area contributed by atoms with Gasteiger partial charge in [-0.2, -0.15) is 9.94 Å². The summed E-state index contributed by atoms with van der Waals surface area (Å²) in [7, 11) is 0. The lowest BCUT2D eigenvalue weighted by Gasteiger charge is -2.05. The van der Waals surface area contributed by atoms with E-state index in [1.165, 1.54) is 11.8 Å². The number of nitriles is 1. The van der Waals surface area contributed by atoms with Gasteiger partial charge >= 0.3 is 0 Å². The normalized spacial score (nSPS) is 10.3. The molecule has 0 radical (unpaired) electrons. The molecule has 102 valence electrons. The third-order valence-electron chi connectivity index (χ3n) is 2.70. The van der Waals surface area contributed by atoms with E-state index >= 15 is 0 Å². The summed E-state index contributed by atoms with van der Waals surface area (Å²) in [6.07, 6.45) is 0. The van der Waals surface area contributed by atoms with Crippen molar-refractivity contribution in [3.63, 3.8) is 0 Å². The second-order valence-electron chi connectivity index (χ2n) is 4.06. The first-order valence-corrected chi connectivity index (χ1v) is 7.18. The molecule has 1 aromatic heterocycles. The molecule has 0 amide bonds. The predicted octanol–water partition coefficient (Wildman–Crippen LogP) is 3.34. The summed E-state index contributed by atoms with van der Waals surface area (Å²) in [5, 5.41) is 22.0. The summed E-state index contributed by atoms with van der Waals surface area (Å²) >= 11 is 7.22. The summed E-state index contributed by atoms with van der Waals surface area (Å²) in [5.74, 6) is 0. The molecule has 0 unspecified atom stereocenters. The van der Waals surface area contributed by atoms with Crippen molar-refractivity contribution in [3.8, 4) is 11.8 Å². The van der Waals surface area contributed by atoms with Gasteiger partial charge in [-0.25, -0.2) is 0 Å². The molecule has 0 fully saturated rings. The summed E-state index contributed by atoms with van der Waals surface area (Å²) in [6, 6.07) is 16.8. The average Bonchev–Trinajstić information content (AvgIpc) is 2.98. The van der Waals surface area contributed by atoms with E-state index in [2.05, 4.69) is 21.6 Å². The van der Waals surface area contributed by atoms with Gasteiger partial charge in [-0.05, 0) is 52.5 Å². The number of halogens is 1. The first-order valence-electron chi connectivity index (χ1n) is 5.99. The number of rotatable bonds is 3. The number of hydrogen-bond acceptors (Lipinski definition) is 5. The number of para-hydroxylation sites is 1. The van der Waals surface area contributed by atoms with Crippen LogP contribution in [0.3, 0.4) is 0 Å². The smallest absolute Gasteiger partial charge is 0.192 e. The van der Waals surface area contributed by atoms with E-state index in [-0.39, 0.29) is 0 Å². The molecule has 7 heteroatoms. The zero-order valence-corrected chi connectivity index (χ0v) is 12.2. The molecule has 2 aromatic carbocycles. The van der Waals surface area contributed by atoms with Crippen LogP contribution in [0.25, 0.3) is 5.69 Å². The molecule has 0 saturated heterocycles. The quantitative estimate of drug-likeness (QED) is 0.742. The van der Waals surface area contributed by atoms with E-state index in [0.717, 1.165) is 10.6 Å². The molecule has 0 N–H and O–H groups in total. The Hall–Kier alpha value is -2.36. The highest BCUT2D eigenvalue weighted by molar-refractivity contribution is 7.99. The van der Waals surface area contributed by atoms with Crippen molar-refractivity contribution in [1.82, 2.24) is 20.2 Å². The van der Waals surface area contributed by atoms with Crippen molar-refractivity contribution in [2.45, 2.75) is 10.1 Å². The highest BCUT2D eigenvalue weighted by atomic mass is 35.5. The van der Waals surface area contributed by atoms with E-state index in [9.17, 15) is 5.26 Å². The maximum Gasteiger partial charge on any atom is 0.218 e. The molecule has 0 bridgehead atoms. The fourth-order valence-electron chi connectivity index (χ4n) is 1.75. The van der Waals surface area contributed by atoms with Gasteiger partial charge in [-0.1, -0.05) is 29.8 Å². The van der Waals surface area contributed by atoms with Crippen LogP contribution in [0.2, 0.25) is 5.02 Å². The van der Waals surface area contributed by atoms with E-state index in [0.29, 0.717) is 15.7 Å². The van der Waals surface area contributed by atoms with Crippen molar-refractivity contribution in [2.75, 3.05) is 0 Å². The van der Waals surface area contributed by atoms with Crippen LogP contribution in [-0.4, -0.2) is 20.2 Å². The Kier molecular flexibility index (Phi) is 3.86. The molecular formula is C14H8ClN5S. The van der Waals surface area contributed by atoms with Crippen LogP contribution in [0, 0.1) is 11.3 Å². The Bertz CT molecular complexity index is 810. The second-order valence-corrected chi connectivity index (χ2v) is 5.51. The SMILES string of the molecule is N#Cc1cc(Cl)ccc1Sc1nnnn1-c1ccccc1. The topological polar surface area (TPSA) is 67.4 Å². The minimum absolute atomic E-state index is 0.495. The van der Waals surface area contributed by atoms with Gasteiger partial charge in [0.2, 0.25) is 5.16 Å². The zero-order valence-electron chi connectivity index (χ0n) is 10.6. The third kappa shape index (κ3) is 2.89. The number of hydrogen-bond donors (Lipinski definition) is 0. The van der Waals surface area contributed by atoms with Crippen LogP contribution >= 0.6 is 23.4 Å². The molecular weight excluding hydrogens is 306 g/mol. The van der Waals surface area contributed by atoms with Crippen molar-refractivity contribution in [2.24, 2.45) is 0 Å². The highest BCUT2D eigenvalue weighted by Crippen LogP contribution is 2.31. The lowest BCUT2D eigenvalue weighted by atomic mass is 10.2. The van der Waals surface area contributed by atoms with Gasteiger partial charge in [0, 0.05) is 9.92 Å². The largest absolute Gasteiger partial charge is 0.218 e. The molecule has 0 atom stereocenters. The van der Waals surface area contributed by atoms with Gasteiger partial charge in [0.1, 0.15) is 6.07 Å². The minimum atomic E-state index is 0.495. The molecule has 0 saturated carbocycles. The number of nitrogens with zero attached hydrogens (tertiary/aromatic N) is 5. The molecule has 0 aliphatic rings. The van der Waals surface area contributed by atoms with E-state index in [1.54, 1.807) is 22.9 Å². The second kappa shape index (κ2) is 5.95. The van der Waals surface area contributed by atoms with Crippen molar-refractivity contribution >= 4 is 23.4 Å². The van der Waals surface area contributed by atoms with Crippen LogP contribution in [-0.2, 0) is 0 Å². The van der Waals surface area contributed by atoms with E-state index in [1.807, 2.05) is 30.3 Å². The summed E-state index contributed by atoms with van der Waals surface area (Å²) < 4.78 is 1.63. The fraction of sp³-hybridized carbons (Fsp3) is 0. The zero-order chi connectivity index (χ0) is 14.7. The van der Waals surface area contributed by atoms with Crippen LogP contribution in [0.1, 0.15) is 5.56 Å². The van der Waals surface area contributed by atoms with Crippen LogP contribution in [0.4, 0.5) is 0 Å². The summed E-state index contributed by atoms with van der Waals surface area (Å²) in [6.45, 7) is 0. The molecule has 3 aromatic rings. The third-order valence-corrected chi connectivity index (χ3v) is 3.95. The monoisotopic (exact) mass is 313 g/mol. The summed E-state index contributed by atoms with van der Waals surface area (Å²) in [4.78, 5) is 0.758. The van der Waals surface area contributed by atoms with E-state index in [4.69, 9.17) is 11.6 Å². The molecule has 0 spiro atoms. The van der Waals surface area contributed by atoms with Gasteiger partial charge in [-0.15, -0.1) is 5.10 Å². The predicted molar refractivity (Wildman–Crippen MR) is 79.4 cm³/mol. The number of benzene rings is 2. The van der Waals surface area contributed by atoms with Crippen LogP contribution in [0.5, 0.6) is 0 Å². The average molecular weight is 314 g/mol. The Balaban J connectivity index is 1.98. The van der Waals surface area contributed by atoms with Crippen molar-refractivity contribution in [1.29, 1.82) is 5.26 Å². The highest BCUT2D eigenvalue weighted by Gasteiger charge is 2.12. The molecule has 1 heterocycles. The van der Waals surface area contributed by atoms with Crippen molar-refractivity contribution < 1.29 is 0 Å². The maximum atomic E-state index is 9.18. The summed E-state index contributed by atoms with van der Waals surface area (Å²) in [5.41, 5.74) is 1.35. The first kappa shape index (κ1) is 13.6. The lowest BCUT2D eigenvalue weighted by Crippen LogP contribution is -1.98. The molecule has 21 heavy (non-hydrogen) atoms. The van der Waals surface area contributed by atoms with Crippen LogP contribution < -0.4 is 0 Å². The van der Waals surface area contributed by atoms with Gasteiger partial charge < -0.3 is 0 Å². The van der Waals surface area contributed by atoms with Crippen molar-refractivity contribution in [3.05, 3.63) is 59.1 Å². The molecule has 0 aliphatic carbocycles. The Morgan fingerprint density at radius 1 is 1.14 bits per heavy atom. The van der Waals surface area contributed by atoms with E-state index < -0.39 is 0 Å². The molecule has 3 rings (SSSR count). The maximum absolute atomic E-state index is 9.18. The standard InChI is InChI=1S/C14H8ClN5S/c15-11-6-7-13(10(8-11)9-16)21-14-17-18-19-20(14)12-4-2-1-3-5-12/h1-8H. The molecule has 5 nitrogen and oxygen atoms in total. The Morgan fingerprint density at radius 2 is 1.95 bits per heavy atom. The van der Waals surface area contributed by atoms with Gasteiger partial charge in [0.05, 0.1) is 11.3 Å². The lowest BCUT2D eigenvalue weighted by molar-refractivity contribution is 0.756. The number of aromatic nitrogens is 4. The Labute approximate surface area is 130 Å². The molecule has 0 aliphatic heterocycles. The fourth-order valence-corrected chi connectivity index (χ4v) is 2.78. The van der Waals surface area contributed by atoms with Gasteiger partial charge in [-0.3, -0.25) is 0 Å². The number of tetrazole rings is 1. The first-order chi connectivity index (χ1) is 10.3. The van der Waals surface area contributed by atoms with Crippen LogP contribution in [0.15, 0.2) is 58.6 Å². The minimum Gasteiger partial charge on any atom is -0.192 e. The van der Waals surface area contributed by atoms with Gasteiger partial charge in [0.25, 0.3) is 0 Å². The Morgan fingerprint density at radius 3 is 2.71 bits per heavy atom.